The smallest absolute Gasteiger partial charge is 0.271 e. The molecule has 1 rings (SSSR count). The van der Waals surface area contributed by atoms with E-state index in [1.807, 2.05) is 0 Å². The first kappa shape index (κ1) is 15.0. The average molecular weight is 321 g/mol. The Morgan fingerprint density at radius 1 is 1.44 bits per heavy atom. The summed E-state index contributed by atoms with van der Waals surface area (Å²) in [6.45, 7) is 0. The molecular formula is C12H12BrF3N2. The third-order valence-electron chi connectivity index (χ3n) is 2.47. The number of hydrogen-bond acceptors (Lipinski definition) is 2. The molecule has 0 aromatic heterocycles. The quantitative estimate of drug-likeness (QED) is 0.507. The normalized spacial score (nSPS) is 13.1. The number of alkyl halides is 3. The molecule has 0 amide bonds. The first-order valence-corrected chi connectivity index (χ1v) is 5.95. The number of rotatable bonds is 4. The van der Waals surface area contributed by atoms with Crippen LogP contribution in [-0.4, -0.2) is 0 Å². The molecule has 0 fully saturated rings. The predicted octanol–water partition coefficient (Wildman–Crippen LogP) is 3.39. The summed E-state index contributed by atoms with van der Waals surface area (Å²) in [5, 5.41) is 0. The Kier molecular flexibility index (Phi) is 5.20. The van der Waals surface area contributed by atoms with Gasteiger partial charge < -0.3 is 0 Å². The minimum Gasteiger partial charge on any atom is -0.271 e. The van der Waals surface area contributed by atoms with Gasteiger partial charge in [-0.25, -0.2) is 0 Å². The summed E-state index contributed by atoms with van der Waals surface area (Å²) in [5.74, 6) is 7.68. The zero-order chi connectivity index (χ0) is 13.8. The molecule has 0 saturated heterocycles. The van der Waals surface area contributed by atoms with E-state index in [1.54, 1.807) is 6.07 Å². The summed E-state index contributed by atoms with van der Waals surface area (Å²) in [4.78, 5) is 0. The van der Waals surface area contributed by atoms with Gasteiger partial charge in [0.25, 0.3) is 0 Å². The van der Waals surface area contributed by atoms with Gasteiger partial charge in [0.1, 0.15) is 0 Å². The van der Waals surface area contributed by atoms with E-state index in [0.717, 1.165) is 6.07 Å². The SMILES string of the molecule is C#CCCC(NN)c1ccc(Br)cc1C(F)(F)F. The maximum absolute atomic E-state index is 12.9. The van der Waals surface area contributed by atoms with Crippen LogP contribution in [0.1, 0.15) is 30.0 Å². The van der Waals surface area contributed by atoms with Crippen LogP contribution in [0, 0.1) is 12.3 Å². The van der Waals surface area contributed by atoms with Gasteiger partial charge in [-0.3, -0.25) is 11.3 Å². The van der Waals surface area contributed by atoms with Crippen molar-refractivity contribution in [3.8, 4) is 12.3 Å². The number of halogens is 4. The molecule has 1 unspecified atom stereocenters. The first-order chi connectivity index (χ1) is 8.40. The number of nitrogens with one attached hydrogen (secondary N) is 1. The van der Waals surface area contributed by atoms with E-state index in [2.05, 4.69) is 27.3 Å². The van der Waals surface area contributed by atoms with Crippen molar-refractivity contribution in [2.24, 2.45) is 5.84 Å². The van der Waals surface area contributed by atoms with Crippen molar-refractivity contribution >= 4 is 15.9 Å². The molecule has 6 heteroatoms. The lowest BCUT2D eigenvalue weighted by Crippen LogP contribution is -2.29. The Hall–Kier alpha value is -1.03. The molecule has 0 aliphatic carbocycles. The maximum Gasteiger partial charge on any atom is 0.416 e. The van der Waals surface area contributed by atoms with E-state index in [4.69, 9.17) is 12.3 Å². The van der Waals surface area contributed by atoms with E-state index in [1.165, 1.54) is 6.07 Å². The number of hydrazine groups is 1. The van der Waals surface area contributed by atoms with Gasteiger partial charge in [-0.1, -0.05) is 22.0 Å². The zero-order valence-corrected chi connectivity index (χ0v) is 11.0. The second-order valence-electron chi connectivity index (χ2n) is 3.69. The van der Waals surface area contributed by atoms with Crippen molar-refractivity contribution in [2.45, 2.75) is 25.1 Å². The minimum absolute atomic E-state index is 0.100. The first-order valence-electron chi connectivity index (χ1n) is 5.16. The molecule has 18 heavy (non-hydrogen) atoms. The van der Waals surface area contributed by atoms with Gasteiger partial charge >= 0.3 is 6.18 Å². The number of benzene rings is 1. The van der Waals surface area contributed by atoms with Crippen LogP contribution in [0.2, 0.25) is 0 Å². The summed E-state index contributed by atoms with van der Waals surface area (Å²) < 4.78 is 39.1. The van der Waals surface area contributed by atoms with Crippen LogP contribution >= 0.6 is 15.9 Å². The van der Waals surface area contributed by atoms with Crippen molar-refractivity contribution in [1.82, 2.24) is 5.43 Å². The van der Waals surface area contributed by atoms with E-state index < -0.39 is 17.8 Å². The Morgan fingerprint density at radius 3 is 2.61 bits per heavy atom. The standard InChI is InChI=1S/C12H12BrF3N2/c1-2-3-4-11(18-17)9-6-5-8(13)7-10(9)12(14,15)16/h1,5-7,11,18H,3-4,17H2. The largest absolute Gasteiger partial charge is 0.416 e. The van der Waals surface area contributed by atoms with Crippen molar-refractivity contribution in [3.05, 3.63) is 33.8 Å². The van der Waals surface area contributed by atoms with Crippen LogP contribution in [-0.2, 0) is 6.18 Å². The molecule has 0 saturated carbocycles. The predicted molar refractivity (Wildman–Crippen MR) is 67.3 cm³/mol. The van der Waals surface area contributed by atoms with Crippen LogP contribution in [0.25, 0.3) is 0 Å². The van der Waals surface area contributed by atoms with Crippen molar-refractivity contribution in [2.75, 3.05) is 0 Å². The molecule has 1 aromatic carbocycles. The molecule has 0 bridgehead atoms. The second kappa shape index (κ2) is 6.23. The van der Waals surface area contributed by atoms with Gasteiger partial charge in [-0.15, -0.1) is 12.3 Å². The van der Waals surface area contributed by atoms with Gasteiger partial charge in [0, 0.05) is 16.9 Å². The fourth-order valence-corrected chi connectivity index (χ4v) is 2.00. The van der Waals surface area contributed by atoms with Crippen LogP contribution < -0.4 is 11.3 Å². The highest BCUT2D eigenvalue weighted by molar-refractivity contribution is 9.10. The lowest BCUT2D eigenvalue weighted by atomic mass is 9.97. The molecule has 0 heterocycles. The highest BCUT2D eigenvalue weighted by Gasteiger charge is 2.35. The van der Waals surface area contributed by atoms with Gasteiger partial charge in [0.05, 0.1) is 5.56 Å². The molecule has 0 radical (unpaired) electrons. The molecule has 1 atom stereocenters. The summed E-state index contributed by atoms with van der Waals surface area (Å²) in [7, 11) is 0. The Morgan fingerprint density at radius 2 is 2.11 bits per heavy atom. The second-order valence-corrected chi connectivity index (χ2v) is 4.61. The molecular weight excluding hydrogens is 309 g/mol. The van der Waals surface area contributed by atoms with Crippen LogP contribution in [0.4, 0.5) is 13.2 Å². The Labute approximate surface area is 112 Å². The Balaban J connectivity index is 3.18. The third kappa shape index (κ3) is 3.73. The van der Waals surface area contributed by atoms with Crippen LogP contribution in [0.5, 0.6) is 0 Å². The molecule has 0 aliphatic rings. The lowest BCUT2D eigenvalue weighted by Gasteiger charge is -2.20. The maximum atomic E-state index is 12.9. The van der Waals surface area contributed by atoms with E-state index >= 15 is 0 Å². The van der Waals surface area contributed by atoms with Crippen LogP contribution in [0.3, 0.4) is 0 Å². The summed E-state index contributed by atoms with van der Waals surface area (Å²) >= 11 is 3.03. The number of hydrogen-bond donors (Lipinski definition) is 2. The minimum atomic E-state index is -4.43. The third-order valence-corrected chi connectivity index (χ3v) is 2.97. The van der Waals surface area contributed by atoms with E-state index in [9.17, 15) is 13.2 Å². The fourth-order valence-electron chi connectivity index (χ4n) is 1.63. The summed E-state index contributed by atoms with van der Waals surface area (Å²) in [6, 6.07) is 3.36. The number of nitrogens with two attached hydrogens (primary N) is 1. The molecule has 1 aromatic rings. The molecule has 0 spiro atoms. The van der Waals surface area contributed by atoms with Crippen molar-refractivity contribution in [3.63, 3.8) is 0 Å². The fraction of sp³-hybridized carbons (Fsp3) is 0.333. The van der Waals surface area contributed by atoms with Gasteiger partial charge in [-0.2, -0.15) is 13.2 Å². The van der Waals surface area contributed by atoms with Crippen molar-refractivity contribution < 1.29 is 13.2 Å². The number of terminal acetylenes is 1. The van der Waals surface area contributed by atoms with Gasteiger partial charge in [-0.05, 0) is 24.1 Å². The van der Waals surface area contributed by atoms with Crippen molar-refractivity contribution in [1.29, 1.82) is 0 Å². The molecule has 2 nitrogen and oxygen atoms in total. The average Bonchev–Trinajstić information content (AvgIpc) is 2.30. The monoisotopic (exact) mass is 320 g/mol. The topological polar surface area (TPSA) is 38.0 Å². The molecule has 98 valence electrons. The lowest BCUT2D eigenvalue weighted by molar-refractivity contribution is -0.138. The Bertz CT molecular complexity index is 452. The highest BCUT2D eigenvalue weighted by atomic mass is 79.9. The molecule has 0 aliphatic heterocycles. The van der Waals surface area contributed by atoms with Gasteiger partial charge in [0.2, 0.25) is 0 Å². The van der Waals surface area contributed by atoms with Gasteiger partial charge in [0.15, 0.2) is 0 Å². The molecule has 3 N–H and O–H groups in total. The zero-order valence-electron chi connectivity index (χ0n) is 9.39. The van der Waals surface area contributed by atoms with Crippen LogP contribution in [0.15, 0.2) is 22.7 Å². The van der Waals surface area contributed by atoms with E-state index in [-0.39, 0.29) is 5.56 Å². The summed E-state index contributed by atoms with van der Waals surface area (Å²) in [5.41, 5.74) is 1.76. The highest BCUT2D eigenvalue weighted by Crippen LogP contribution is 2.37. The summed E-state index contributed by atoms with van der Waals surface area (Å²) in [6.07, 6.45) is 1.38. The van der Waals surface area contributed by atoms with E-state index in [0.29, 0.717) is 17.3 Å².